The van der Waals surface area contributed by atoms with Gasteiger partial charge >= 0.3 is 0 Å². The summed E-state index contributed by atoms with van der Waals surface area (Å²) in [5.41, 5.74) is 0. The summed E-state index contributed by atoms with van der Waals surface area (Å²) < 4.78 is 2.32. The van der Waals surface area contributed by atoms with Gasteiger partial charge in [-0.15, -0.1) is 10.2 Å². The van der Waals surface area contributed by atoms with Crippen molar-refractivity contribution in [1.29, 1.82) is 0 Å². The fourth-order valence-electron chi connectivity index (χ4n) is 3.44. The highest BCUT2D eigenvalue weighted by Gasteiger charge is 2.22. The molecular weight excluding hydrogens is 290 g/mol. The first-order valence-corrected chi connectivity index (χ1v) is 8.47. The smallest absolute Gasteiger partial charge is 0.147 e. The predicted molar refractivity (Wildman–Crippen MR) is 87.2 cm³/mol. The Labute approximate surface area is 136 Å². The highest BCUT2D eigenvalue weighted by molar-refractivity contribution is 5.37. The lowest BCUT2D eigenvalue weighted by Gasteiger charge is -2.35. The molecule has 0 amide bonds. The van der Waals surface area contributed by atoms with Crippen molar-refractivity contribution >= 4 is 5.82 Å². The van der Waals surface area contributed by atoms with Crippen LogP contribution in [0.3, 0.4) is 0 Å². The summed E-state index contributed by atoms with van der Waals surface area (Å²) in [6.45, 7) is 7.99. The van der Waals surface area contributed by atoms with Crippen LogP contribution in [0.25, 0.3) is 0 Å². The van der Waals surface area contributed by atoms with Crippen LogP contribution in [0, 0.1) is 6.92 Å². The highest BCUT2D eigenvalue weighted by atomic mass is 15.3. The van der Waals surface area contributed by atoms with Crippen molar-refractivity contribution in [3.05, 3.63) is 29.7 Å². The zero-order valence-corrected chi connectivity index (χ0v) is 13.6. The maximum atomic E-state index is 4.53. The highest BCUT2D eigenvalue weighted by Crippen LogP contribution is 2.17. The van der Waals surface area contributed by atoms with Gasteiger partial charge in [0.15, 0.2) is 0 Å². The molecule has 0 spiro atoms. The number of aryl methyl sites for hydroxylation is 2. The summed E-state index contributed by atoms with van der Waals surface area (Å²) in [5, 5.41) is 8.77. The Morgan fingerprint density at radius 3 is 2.74 bits per heavy atom. The second-order valence-electron chi connectivity index (χ2n) is 6.37. The summed E-state index contributed by atoms with van der Waals surface area (Å²) in [4.78, 5) is 13.5. The quantitative estimate of drug-likeness (QED) is 0.843. The second kappa shape index (κ2) is 6.23. The summed E-state index contributed by atoms with van der Waals surface area (Å²) in [6.07, 6.45) is 5.41. The van der Waals surface area contributed by atoms with E-state index in [1.807, 2.05) is 19.2 Å². The van der Waals surface area contributed by atoms with Crippen LogP contribution < -0.4 is 4.90 Å². The van der Waals surface area contributed by atoms with Crippen molar-refractivity contribution in [2.24, 2.45) is 0 Å². The molecule has 4 heterocycles. The molecule has 7 nitrogen and oxygen atoms in total. The largest absolute Gasteiger partial charge is 0.354 e. The van der Waals surface area contributed by atoms with Gasteiger partial charge in [0.25, 0.3) is 0 Å². The first-order chi connectivity index (χ1) is 11.3. The monoisotopic (exact) mass is 313 g/mol. The van der Waals surface area contributed by atoms with Crippen molar-refractivity contribution in [3.8, 4) is 0 Å². The van der Waals surface area contributed by atoms with Crippen LogP contribution in [0.2, 0.25) is 0 Å². The van der Waals surface area contributed by atoms with Crippen LogP contribution in [-0.4, -0.2) is 55.8 Å². The van der Waals surface area contributed by atoms with Gasteiger partial charge in [-0.1, -0.05) is 0 Å². The third-order valence-corrected chi connectivity index (χ3v) is 4.76. The number of hydrogen-bond acceptors (Lipinski definition) is 6. The second-order valence-corrected chi connectivity index (χ2v) is 6.37. The van der Waals surface area contributed by atoms with Gasteiger partial charge < -0.3 is 9.47 Å². The zero-order chi connectivity index (χ0) is 15.6. The Kier molecular flexibility index (Phi) is 3.95. The van der Waals surface area contributed by atoms with Crippen molar-refractivity contribution in [1.82, 2.24) is 29.6 Å². The Morgan fingerprint density at radius 2 is 1.91 bits per heavy atom. The fraction of sp³-hybridized carbons (Fsp3) is 0.625. The molecule has 1 saturated heterocycles. The fourth-order valence-corrected chi connectivity index (χ4v) is 3.44. The number of anilines is 1. The van der Waals surface area contributed by atoms with E-state index >= 15 is 0 Å². The number of hydrogen-bond donors (Lipinski definition) is 0. The topological polar surface area (TPSA) is 63.0 Å². The number of piperazine rings is 1. The number of nitrogens with zero attached hydrogens (tertiary/aromatic N) is 7. The maximum Gasteiger partial charge on any atom is 0.147 e. The maximum absolute atomic E-state index is 4.53. The molecule has 2 aromatic rings. The SMILES string of the molecule is Cc1nccc(N2CCN(Cc3nnc4n3CCCC4)CC2)n1. The molecule has 0 N–H and O–H groups in total. The van der Waals surface area contributed by atoms with Gasteiger partial charge in [0.05, 0.1) is 6.54 Å². The minimum absolute atomic E-state index is 0.833. The van der Waals surface area contributed by atoms with E-state index in [1.54, 1.807) is 0 Å². The van der Waals surface area contributed by atoms with E-state index in [-0.39, 0.29) is 0 Å². The number of fused-ring (bicyclic) bond motifs is 1. The Morgan fingerprint density at radius 1 is 1.04 bits per heavy atom. The molecule has 122 valence electrons. The van der Waals surface area contributed by atoms with Crippen molar-refractivity contribution in [2.75, 3.05) is 31.1 Å². The third-order valence-electron chi connectivity index (χ3n) is 4.76. The van der Waals surface area contributed by atoms with Crippen LogP contribution in [0.15, 0.2) is 12.3 Å². The average molecular weight is 313 g/mol. The summed E-state index contributed by atoms with van der Waals surface area (Å²) in [5.74, 6) is 4.17. The van der Waals surface area contributed by atoms with E-state index in [0.29, 0.717) is 0 Å². The lowest BCUT2D eigenvalue weighted by Crippen LogP contribution is -2.46. The van der Waals surface area contributed by atoms with E-state index in [2.05, 4.69) is 34.5 Å². The Balaban J connectivity index is 1.37. The van der Waals surface area contributed by atoms with Gasteiger partial charge in [-0.25, -0.2) is 9.97 Å². The molecule has 1 fully saturated rings. The Hall–Kier alpha value is -2.02. The van der Waals surface area contributed by atoms with Crippen LogP contribution in [-0.2, 0) is 19.5 Å². The molecule has 0 bridgehead atoms. The molecule has 2 aliphatic rings. The van der Waals surface area contributed by atoms with Crippen molar-refractivity contribution in [2.45, 2.75) is 39.3 Å². The molecular formula is C16H23N7. The molecule has 7 heteroatoms. The summed E-state index contributed by atoms with van der Waals surface area (Å²) >= 11 is 0. The standard InChI is InChI=1S/C16H23N7/c1-13-17-6-5-14(18-13)22-10-8-21(9-11-22)12-16-20-19-15-4-2-3-7-23(15)16/h5-6H,2-4,7-12H2,1H3. The van der Waals surface area contributed by atoms with Gasteiger partial charge in [-0.3, -0.25) is 4.90 Å². The first-order valence-electron chi connectivity index (χ1n) is 8.47. The molecule has 4 rings (SSSR count). The minimum atomic E-state index is 0.833. The first kappa shape index (κ1) is 14.6. The van der Waals surface area contributed by atoms with Crippen LogP contribution in [0.1, 0.15) is 30.3 Å². The van der Waals surface area contributed by atoms with Crippen LogP contribution >= 0.6 is 0 Å². The molecule has 0 saturated carbocycles. The summed E-state index contributed by atoms with van der Waals surface area (Å²) in [6, 6.07) is 2.00. The molecule has 0 aliphatic carbocycles. The number of aromatic nitrogens is 5. The summed E-state index contributed by atoms with van der Waals surface area (Å²) in [7, 11) is 0. The zero-order valence-electron chi connectivity index (χ0n) is 13.6. The minimum Gasteiger partial charge on any atom is -0.354 e. The van der Waals surface area contributed by atoms with Crippen LogP contribution in [0.5, 0.6) is 0 Å². The van der Waals surface area contributed by atoms with Crippen molar-refractivity contribution in [3.63, 3.8) is 0 Å². The van der Waals surface area contributed by atoms with E-state index < -0.39 is 0 Å². The van der Waals surface area contributed by atoms with Crippen molar-refractivity contribution < 1.29 is 0 Å². The normalized spacial score (nSPS) is 18.9. The van der Waals surface area contributed by atoms with Crippen LogP contribution in [0.4, 0.5) is 5.82 Å². The van der Waals surface area contributed by atoms with Gasteiger partial charge in [-0.05, 0) is 25.8 Å². The number of rotatable bonds is 3. The molecule has 0 atom stereocenters. The molecule has 0 unspecified atom stereocenters. The molecule has 23 heavy (non-hydrogen) atoms. The molecule has 0 radical (unpaired) electrons. The van der Waals surface area contributed by atoms with E-state index in [1.165, 1.54) is 18.7 Å². The molecule has 2 aromatic heterocycles. The van der Waals surface area contributed by atoms with E-state index in [4.69, 9.17) is 0 Å². The van der Waals surface area contributed by atoms with Gasteiger partial charge in [-0.2, -0.15) is 0 Å². The molecule has 2 aliphatic heterocycles. The van der Waals surface area contributed by atoms with Gasteiger partial charge in [0, 0.05) is 45.3 Å². The predicted octanol–water partition coefficient (Wildman–Crippen LogP) is 1.04. The lowest BCUT2D eigenvalue weighted by atomic mass is 10.1. The lowest BCUT2D eigenvalue weighted by molar-refractivity contribution is 0.238. The van der Waals surface area contributed by atoms with E-state index in [9.17, 15) is 0 Å². The Bertz CT molecular complexity index is 673. The average Bonchev–Trinajstić information content (AvgIpc) is 2.99. The van der Waals surface area contributed by atoms with E-state index in [0.717, 1.165) is 63.2 Å². The molecule has 0 aromatic carbocycles. The van der Waals surface area contributed by atoms with Gasteiger partial charge in [0.1, 0.15) is 23.3 Å². The van der Waals surface area contributed by atoms with Gasteiger partial charge in [0.2, 0.25) is 0 Å². The third kappa shape index (κ3) is 3.06.